The number of nitriles is 1. The van der Waals surface area contributed by atoms with Crippen LogP contribution in [0.25, 0.3) is 0 Å². The predicted octanol–water partition coefficient (Wildman–Crippen LogP) is 2.34. The van der Waals surface area contributed by atoms with Gasteiger partial charge >= 0.3 is 0 Å². The van der Waals surface area contributed by atoms with Gasteiger partial charge in [0, 0.05) is 17.6 Å². The van der Waals surface area contributed by atoms with Gasteiger partial charge in [-0.2, -0.15) is 5.26 Å². The Morgan fingerprint density at radius 1 is 1.40 bits per heavy atom. The molecular formula is C11H14BrN3. The summed E-state index contributed by atoms with van der Waals surface area (Å²) in [4.78, 5) is 0. The lowest BCUT2D eigenvalue weighted by atomic mass is 10.2. The molecule has 0 heterocycles. The number of likely N-dealkylation sites (N-methyl/N-ethyl adjacent to an activating group) is 1. The fraction of sp³-hybridized carbons (Fsp3) is 0.364. The number of anilines is 1. The summed E-state index contributed by atoms with van der Waals surface area (Å²) in [6.07, 6.45) is 0. The minimum Gasteiger partial charge on any atom is -0.383 e. The molecule has 0 aliphatic heterocycles. The lowest BCUT2D eigenvalue weighted by Crippen LogP contribution is -2.21. The predicted molar refractivity (Wildman–Crippen MR) is 65.9 cm³/mol. The second-order valence-electron chi connectivity index (χ2n) is 3.08. The zero-order valence-corrected chi connectivity index (χ0v) is 10.3. The smallest absolute Gasteiger partial charge is 0.101 e. The number of hydrogen-bond donors (Lipinski definition) is 2. The molecule has 3 nitrogen and oxygen atoms in total. The van der Waals surface area contributed by atoms with Gasteiger partial charge in [0.25, 0.3) is 0 Å². The number of benzene rings is 1. The van der Waals surface area contributed by atoms with Gasteiger partial charge in [0.15, 0.2) is 0 Å². The zero-order chi connectivity index (χ0) is 11.1. The molecule has 0 radical (unpaired) electrons. The first-order valence-corrected chi connectivity index (χ1v) is 5.71. The van der Waals surface area contributed by atoms with Crippen molar-refractivity contribution in [2.45, 2.75) is 6.92 Å². The summed E-state index contributed by atoms with van der Waals surface area (Å²) in [6.45, 7) is 4.75. The van der Waals surface area contributed by atoms with Crippen molar-refractivity contribution in [2.24, 2.45) is 0 Å². The molecule has 0 bridgehead atoms. The highest BCUT2D eigenvalue weighted by atomic mass is 79.9. The number of nitrogens with zero attached hydrogens (tertiary/aromatic N) is 1. The summed E-state index contributed by atoms with van der Waals surface area (Å²) in [5.74, 6) is 0. The van der Waals surface area contributed by atoms with Gasteiger partial charge in [-0.15, -0.1) is 0 Å². The van der Waals surface area contributed by atoms with Crippen molar-refractivity contribution in [2.75, 3.05) is 25.0 Å². The molecule has 0 aliphatic rings. The van der Waals surface area contributed by atoms with E-state index in [0.717, 1.165) is 29.8 Å². The van der Waals surface area contributed by atoms with Crippen LogP contribution in [0.4, 0.5) is 5.69 Å². The molecule has 1 aromatic rings. The third-order valence-electron chi connectivity index (χ3n) is 1.97. The SMILES string of the molecule is CCNCCNc1cc(Br)ccc1C#N. The van der Waals surface area contributed by atoms with Gasteiger partial charge in [-0.05, 0) is 24.7 Å². The van der Waals surface area contributed by atoms with Crippen LogP contribution in [-0.4, -0.2) is 19.6 Å². The van der Waals surface area contributed by atoms with Crippen molar-refractivity contribution < 1.29 is 0 Å². The Balaban J connectivity index is 2.59. The highest BCUT2D eigenvalue weighted by Crippen LogP contribution is 2.20. The molecule has 2 N–H and O–H groups in total. The molecule has 0 unspecified atom stereocenters. The van der Waals surface area contributed by atoms with Crippen molar-refractivity contribution >= 4 is 21.6 Å². The molecular weight excluding hydrogens is 254 g/mol. The van der Waals surface area contributed by atoms with E-state index < -0.39 is 0 Å². The van der Waals surface area contributed by atoms with E-state index >= 15 is 0 Å². The average Bonchev–Trinajstić information content (AvgIpc) is 2.25. The number of hydrogen-bond acceptors (Lipinski definition) is 3. The van der Waals surface area contributed by atoms with E-state index in [9.17, 15) is 0 Å². The highest BCUT2D eigenvalue weighted by Gasteiger charge is 2.01. The Morgan fingerprint density at radius 3 is 2.87 bits per heavy atom. The Labute approximate surface area is 98.6 Å². The van der Waals surface area contributed by atoms with E-state index in [0.29, 0.717) is 5.56 Å². The molecule has 0 atom stereocenters. The third-order valence-corrected chi connectivity index (χ3v) is 2.46. The molecule has 1 aromatic carbocycles. The monoisotopic (exact) mass is 267 g/mol. The van der Waals surface area contributed by atoms with Gasteiger partial charge in [0.1, 0.15) is 6.07 Å². The lowest BCUT2D eigenvalue weighted by Gasteiger charge is -2.08. The topological polar surface area (TPSA) is 47.8 Å². The molecule has 4 heteroatoms. The van der Waals surface area contributed by atoms with Crippen LogP contribution >= 0.6 is 15.9 Å². The van der Waals surface area contributed by atoms with Gasteiger partial charge in [0.2, 0.25) is 0 Å². The highest BCUT2D eigenvalue weighted by molar-refractivity contribution is 9.10. The maximum atomic E-state index is 8.89. The minimum atomic E-state index is 0.676. The van der Waals surface area contributed by atoms with Crippen LogP contribution < -0.4 is 10.6 Å². The van der Waals surface area contributed by atoms with Gasteiger partial charge < -0.3 is 10.6 Å². The Kier molecular flexibility index (Phi) is 5.16. The van der Waals surface area contributed by atoms with Gasteiger partial charge in [-0.1, -0.05) is 22.9 Å². The molecule has 0 saturated carbocycles. The lowest BCUT2D eigenvalue weighted by molar-refractivity contribution is 0.739. The molecule has 0 fully saturated rings. The molecule has 0 aliphatic carbocycles. The van der Waals surface area contributed by atoms with Crippen LogP contribution in [0.2, 0.25) is 0 Å². The molecule has 15 heavy (non-hydrogen) atoms. The summed E-state index contributed by atoms with van der Waals surface area (Å²) in [5.41, 5.74) is 1.56. The van der Waals surface area contributed by atoms with Gasteiger partial charge in [-0.3, -0.25) is 0 Å². The second kappa shape index (κ2) is 6.44. The first kappa shape index (κ1) is 12.0. The van der Waals surface area contributed by atoms with Crippen LogP contribution in [0, 0.1) is 11.3 Å². The number of halogens is 1. The second-order valence-corrected chi connectivity index (χ2v) is 4.00. The summed E-state index contributed by atoms with van der Waals surface area (Å²) in [7, 11) is 0. The summed E-state index contributed by atoms with van der Waals surface area (Å²) < 4.78 is 0.979. The van der Waals surface area contributed by atoms with Crippen LogP contribution in [0.1, 0.15) is 12.5 Å². The maximum Gasteiger partial charge on any atom is 0.101 e. The number of nitrogens with one attached hydrogen (secondary N) is 2. The number of rotatable bonds is 5. The molecule has 0 amide bonds. The van der Waals surface area contributed by atoms with Crippen molar-refractivity contribution in [3.63, 3.8) is 0 Å². The van der Waals surface area contributed by atoms with Gasteiger partial charge in [0.05, 0.1) is 11.3 Å². The Bertz CT molecular complexity index is 357. The molecule has 0 saturated heterocycles. The zero-order valence-electron chi connectivity index (χ0n) is 8.68. The van der Waals surface area contributed by atoms with Crippen molar-refractivity contribution in [3.05, 3.63) is 28.2 Å². The van der Waals surface area contributed by atoms with E-state index in [1.54, 1.807) is 6.07 Å². The van der Waals surface area contributed by atoms with Crippen LogP contribution in [0.15, 0.2) is 22.7 Å². The Hall–Kier alpha value is -1.05. The van der Waals surface area contributed by atoms with Crippen LogP contribution in [0.3, 0.4) is 0 Å². The van der Waals surface area contributed by atoms with Crippen LogP contribution in [-0.2, 0) is 0 Å². The van der Waals surface area contributed by atoms with Crippen LogP contribution in [0.5, 0.6) is 0 Å². The molecule has 80 valence electrons. The molecule has 1 rings (SSSR count). The van der Waals surface area contributed by atoms with Gasteiger partial charge in [-0.25, -0.2) is 0 Å². The largest absolute Gasteiger partial charge is 0.383 e. The van der Waals surface area contributed by atoms with Crippen molar-refractivity contribution in [3.8, 4) is 6.07 Å². The van der Waals surface area contributed by atoms with E-state index in [1.807, 2.05) is 12.1 Å². The summed E-state index contributed by atoms with van der Waals surface area (Å²) >= 11 is 3.38. The summed E-state index contributed by atoms with van der Waals surface area (Å²) in [5, 5.41) is 15.3. The quantitative estimate of drug-likeness (QED) is 0.806. The fourth-order valence-electron chi connectivity index (χ4n) is 1.22. The standard InChI is InChI=1S/C11H14BrN3/c1-2-14-5-6-15-11-7-10(12)4-3-9(11)8-13/h3-4,7,14-15H,2,5-6H2,1H3. The van der Waals surface area contributed by atoms with E-state index in [-0.39, 0.29) is 0 Å². The third kappa shape index (κ3) is 3.90. The molecule has 0 spiro atoms. The fourth-order valence-corrected chi connectivity index (χ4v) is 1.58. The maximum absolute atomic E-state index is 8.89. The average molecular weight is 268 g/mol. The van der Waals surface area contributed by atoms with E-state index in [2.05, 4.69) is 39.6 Å². The molecule has 0 aromatic heterocycles. The first-order chi connectivity index (χ1) is 7.27. The normalized spacial score (nSPS) is 9.67. The van der Waals surface area contributed by atoms with E-state index in [4.69, 9.17) is 5.26 Å². The summed E-state index contributed by atoms with van der Waals surface area (Å²) in [6, 6.07) is 7.76. The Morgan fingerprint density at radius 2 is 2.20 bits per heavy atom. The van der Waals surface area contributed by atoms with Crippen molar-refractivity contribution in [1.82, 2.24) is 5.32 Å². The minimum absolute atomic E-state index is 0.676. The van der Waals surface area contributed by atoms with E-state index in [1.165, 1.54) is 0 Å². The van der Waals surface area contributed by atoms with Crippen molar-refractivity contribution in [1.29, 1.82) is 5.26 Å². The first-order valence-electron chi connectivity index (χ1n) is 4.92.